The van der Waals surface area contributed by atoms with Crippen LogP contribution in [0.1, 0.15) is 26.7 Å². The molecule has 7 heteroatoms. The Hall–Kier alpha value is -0.530. The van der Waals surface area contributed by atoms with Crippen molar-refractivity contribution in [1.29, 1.82) is 0 Å². The zero-order valence-corrected chi connectivity index (χ0v) is 14.5. The van der Waals surface area contributed by atoms with Crippen LogP contribution in [-0.4, -0.2) is 39.0 Å². The summed E-state index contributed by atoms with van der Waals surface area (Å²) in [6, 6.07) is 0.0407. The van der Waals surface area contributed by atoms with Gasteiger partial charge in [0.2, 0.25) is 0 Å². The first kappa shape index (κ1) is 17.5. The Balaban J connectivity index is 2.87. The van der Waals surface area contributed by atoms with Crippen LogP contribution in [0.3, 0.4) is 0 Å². The van der Waals surface area contributed by atoms with Crippen molar-refractivity contribution in [3.05, 3.63) is 21.0 Å². The smallest absolute Gasteiger partial charge is 0.283 e. The number of halogens is 1. The van der Waals surface area contributed by atoms with E-state index in [4.69, 9.17) is 0 Å². The molecular formula is C13H22BrN3O2S. The van der Waals surface area contributed by atoms with Gasteiger partial charge in [-0.15, -0.1) is 0 Å². The summed E-state index contributed by atoms with van der Waals surface area (Å²) < 4.78 is 1.97. The number of hydrogen-bond acceptors (Lipinski definition) is 5. The van der Waals surface area contributed by atoms with E-state index in [1.165, 1.54) is 4.68 Å². The maximum absolute atomic E-state index is 12.1. The molecule has 2 unspecified atom stereocenters. The Kier molecular flexibility index (Phi) is 7.61. The zero-order chi connectivity index (χ0) is 15.1. The molecule has 1 aromatic heterocycles. The van der Waals surface area contributed by atoms with Crippen molar-refractivity contribution in [3.8, 4) is 0 Å². The summed E-state index contributed by atoms with van der Waals surface area (Å²) >= 11 is 4.93. The molecule has 0 saturated heterocycles. The molecule has 1 heterocycles. The van der Waals surface area contributed by atoms with Crippen LogP contribution in [0.2, 0.25) is 0 Å². The highest BCUT2D eigenvalue weighted by atomic mass is 79.9. The predicted octanol–water partition coefficient (Wildman–Crippen LogP) is 2.33. The van der Waals surface area contributed by atoms with Gasteiger partial charge in [0.05, 0.1) is 18.5 Å². The van der Waals surface area contributed by atoms with E-state index < -0.39 is 0 Å². The Labute approximate surface area is 132 Å². The van der Waals surface area contributed by atoms with Gasteiger partial charge >= 0.3 is 0 Å². The largest absolute Gasteiger partial charge is 0.395 e. The molecule has 0 spiro atoms. The number of aliphatic hydroxyl groups is 1. The minimum atomic E-state index is -0.125. The van der Waals surface area contributed by atoms with E-state index in [1.807, 2.05) is 13.2 Å². The monoisotopic (exact) mass is 363 g/mol. The van der Waals surface area contributed by atoms with E-state index in [9.17, 15) is 9.90 Å². The quantitative estimate of drug-likeness (QED) is 0.741. The summed E-state index contributed by atoms with van der Waals surface area (Å²) in [5, 5.41) is 16.8. The number of aryl methyl sites for hydroxylation is 1. The van der Waals surface area contributed by atoms with Crippen molar-refractivity contribution in [3.63, 3.8) is 0 Å². The van der Waals surface area contributed by atoms with Crippen LogP contribution >= 0.6 is 27.7 Å². The van der Waals surface area contributed by atoms with Gasteiger partial charge in [0.15, 0.2) is 0 Å². The van der Waals surface area contributed by atoms with Crippen LogP contribution in [0.4, 0.5) is 5.69 Å². The van der Waals surface area contributed by atoms with Gasteiger partial charge in [-0.1, -0.05) is 13.3 Å². The third kappa shape index (κ3) is 4.49. The van der Waals surface area contributed by atoms with Crippen molar-refractivity contribution in [2.24, 2.45) is 0 Å². The molecule has 20 heavy (non-hydrogen) atoms. The minimum Gasteiger partial charge on any atom is -0.395 e. The highest BCUT2D eigenvalue weighted by molar-refractivity contribution is 9.10. The number of nitrogens with zero attached hydrogens (tertiary/aromatic N) is 2. The van der Waals surface area contributed by atoms with E-state index >= 15 is 0 Å². The number of unbranched alkanes of at least 4 members (excludes halogenated alkanes) is 1. The fraction of sp³-hybridized carbons (Fsp3) is 0.692. The fourth-order valence-electron chi connectivity index (χ4n) is 1.81. The second-order valence-corrected chi connectivity index (χ2v) is 6.51. The summed E-state index contributed by atoms with van der Waals surface area (Å²) in [6.07, 6.45) is 5.57. The predicted molar refractivity (Wildman–Crippen MR) is 88.6 cm³/mol. The second kappa shape index (κ2) is 8.69. The first-order valence-electron chi connectivity index (χ1n) is 6.70. The number of hydrogen-bond donors (Lipinski definition) is 2. The lowest BCUT2D eigenvalue weighted by atomic mass is 10.2. The third-order valence-corrected chi connectivity index (χ3v) is 5.06. The van der Waals surface area contributed by atoms with Crippen LogP contribution in [0, 0.1) is 0 Å². The van der Waals surface area contributed by atoms with Gasteiger partial charge in [0.25, 0.3) is 5.56 Å². The van der Waals surface area contributed by atoms with E-state index in [0.717, 1.165) is 12.8 Å². The normalized spacial score (nSPS) is 14.1. The SMILES string of the molecule is CCCCn1ncc(NC(C)C(CO)SC)c(Br)c1=O. The number of nitrogens with one attached hydrogen (secondary N) is 1. The second-order valence-electron chi connectivity index (χ2n) is 4.64. The molecule has 5 nitrogen and oxygen atoms in total. The molecule has 2 N–H and O–H groups in total. The summed E-state index contributed by atoms with van der Waals surface area (Å²) in [4.78, 5) is 12.1. The van der Waals surface area contributed by atoms with Crippen LogP contribution in [0.25, 0.3) is 0 Å². The molecule has 0 aliphatic heterocycles. The molecule has 0 aromatic carbocycles. The highest BCUT2D eigenvalue weighted by Crippen LogP contribution is 2.20. The Morgan fingerprint density at radius 2 is 2.30 bits per heavy atom. The van der Waals surface area contributed by atoms with Gasteiger partial charge in [0.1, 0.15) is 4.47 Å². The number of aliphatic hydroxyl groups excluding tert-OH is 1. The topological polar surface area (TPSA) is 67.2 Å². The highest BCUT2D eigenvalue weighted by Gasteiger charge is 2.17. The summed E-state index contributed by atoms with van der Waals surface area (Å²) in [5.41, 5.74) is 0.545. The number of aromatic nitrogens is 2. The zero-order valence-electron chi connectivity index (χ0n) is 12.1. The maximum Gasteiger partial charge on any atom is 0.283 e. The lowest BCUT2D eigenvalue weighted by Gasteiger charge is -2.22. The van der Waals surface area contributed by atoms with Gasteiger partial charge in [0, 0.05) is 17.8 Å². The average molecular weight is 364 g/mol. The van der Waals surface area contributed by atoms with E-state index in [0.29, 0.717) is 16.7 Å². The van der Waals surface area contributed by atoms with Gasteiger partial charge in [-0.3, -0.25) is 4.79 Å². The molecule has 0 fully saturated rings. The van der Waals surface area contributed by atoms with Crippen LogP contribution in [0.15, 0.2) is 15.5 Å². The standard InChI is InChI=1S/C13H22BrN3O2S/c1-4-5-6-17-13(19)12(14)10(7-15-17)16-9(2)11(8-18)20-3/h7,9,11,16,18H,4-6,8H2,1-3H3. The van der Waals surface area contributed by atoms with Gasteiger partial charge in [-0.05, 0) is 35.5 Å². The lowest BCUT2D eigenvalue weighted by molar-refractivity contribution is 0.288. The van der Waals surface area contributed by atoms with Crippen LogP contribution in [-0.2, 0) is 6.54 Å². The Bertz CT molecular complexity index is 477. The van der Waals surface area contributed by atoms with Gasteiger partial charge < -0.3 is 10.4 Å². The molecule has 1 rings (SSSR count). The molecule has 0 bridgehead atoms. The molecule has 0 amide bonds. The maximum atomic E-state index is 12.1. The molecule has 2 atom stereocenters. The van der Waals surface area contributed by atoms with Crippen molar-refractivity contribution >= 4 is 33.4 Å². The van der Waals surface area contributed by atoms with Gasteiger partial charge in [-0.2, -0.15) is 16.9 Å². The number of rotatable bonds is 8. The summed E-state index contributed by atoms with van der Waals surface area (Å²) in [7, 11) is 0. The molecule has 0 saturated carbocycles. The van der Waals surface area contributed by atoms with E-state index in [2.05, 4.69) is 33.3 Å². The van der Waals surface area contributed by atoms with Crippen LogP contribution < -0.4 is 10.9 Å². The number of thioether (sulfide) groups is 1. The van der Waals surface area contributed by atoms with Crippen LogP contribution in [0.5, 0.6) is 0 Å². The summed E-state index contributed by atoms with van der Waals surface area (Å²) in [6.45, 7) is 4.78. The average Bonchev–Trinajstić information content (AvgIpc) is 2.44. The molecule has 114 valence electrons. The summed E-state index contributed by atoms with van der Waals surface area (Å²) in [5.74, 6) is 0. The first-order valence-corrected chi connectivity index (χ1v) is 8.79. The minimum absolute atomic E-state index is 0.0407. The molecule has 0 aliphatic rings. The van der Waals surface area contributed by atoms with E-state index in [-0.39, 0.29) is 23.5 Å². The Morgan fingerprint density at radius 1 is 1.60 bits per heavy atom. The molecule has 0 aliphatic carbocycles. The van der Waals surface area contributed by atoms with Crippen molar-refractivity contribution < 1.29 is 5.11 Å². The van der Waals surface area contributed by atoms with Crippen molar-refractivity contribution in [2.75, 3.05) is 18.2 Å². The first-order chi connectivity index (χ1) is 9.54. The molecular weight excluding hydrogens is 342 g/mol. The lowest BCUT2D eigenvalue weighted by Crippen LogP contribution is -2.32. The van der Waals surface area contributed by atoms with Crippen molar-refractivity contribution in [2.45, 2.75) is 44.5 Å². The molecule has 1 aromatic rings. The number of anilines is 1. The van der Waals surface area contributed by atoms with E-state index in [1.54, 1.807) is 18.0 Å². The third-order valence-electron chi connectivity index (χ3n) is 3.13. The fourth-order valence-corrected chi connectivity index (χ4v) is 2.85. The Morgan fingerprint density at radius 3 is 2.85 bits per heavy atom. The van der Waals surface area contributed by atoms with Crippen molar-refractivity contribution in [1.82, 2.24) is 9.78 Å². The molecule has 0 radical (unpaired) electrons. The van der Waals surface area contributed by atoms with Gasteiger partial charge in [-0.25, -0.2) is 4.68 Å².